The van der Waals surface area contributed by atoms with Crippen LogP contribution in [-0.4, -0.2) is 24.2 Å². The van der Waals surface area contributed by atoms with E-state index in [0.717, 1.165) is 27.6 Å². The number of nitrogen functional groups attached to an aromatic ring is 1. The number of hydrogen-bond acceptors (Lipinski definition) is 5. The van der Waals surface area contributed by atoms with E-state index in [4.69, 9.17) is 15.2 Å². The molecule has 0 atom stereocenters. The fraction of sp³-hybridized carbons (Fsp3) is 0.0909. The molecule has 4 rings (SSSR count). The Morgan fingerprint density at radius 2 is 1.79 bits per heavy atom. The Morgan fingerprint density at radius 1 is 1.00 bits per heavy atom. The van der Waals surface area contributed by atoms with Crippen molar-refractivity contribution in [2.75, 3.05) is 20.0 Å². The Bertz CT molecular complexity index is 1220. The molecule has 0 aliphatic rings. The lowest BCUT2D eigenvalue weighted by Gasteiger charge is -2.12. The number of nitriles is 1. The third-order valence-corrected chi connectivity index (χ3v) is 4.72. The van der Waals surface area contributed by atoms with Gasteiger partial charge in [-0.3, -0.25) is 0 Å². The fourth-order valence-electron chi connectivity index (χ4n) is 3.33. The molecule has 28 heavy (non-hydrogen) atoms. The summed E-state index contributed by atoms with van der Waals surface area (Å²) < 4.78 is 10.7. The van der Waals surface area contributed by atoms with Gasteiger partial charge in [-0.2, -0.15) is 5.26 Å². The summed E-state index contributed by atoms with van der Waals surface area (Å²) in [7, 11) is 3.17. The van der Waals surface area contributed by atoms with Crippen LogP contribution in [0.15, 0.2) is 54.7 Å². The number of nitrogens with two attached hydrogens (primary N) is 1. The highest BCUT2D eigenvalue weighted by atomic mass is 16.5. The van der Waals surface area contributed by atoms with Gasteiger partial charge in [0, 0.05) is 33.8 Å². The number of aromatic nitrogens is 2. The van der Waals surface area contributed by atoms with E-state index in [0.29, 0.717) is 22.8 Å². The van der Waals surface area contributed by atoms with E-state index in [1.165, 1.54) is 0 Å². The summed E-state index contributed by atoms with van der Waals surface area (Å²) in [4.78, 5) is 7.69. The maximum Gasteiger partial charge on any atom is 0.161 e. The lowest BCUT2D eigenvalue weighted by molar-refractivity contribution is 0.355. The summed E-state index contributed by atoms with van der Waals surface area (Å²) in [5.41, 5.74) is 10.6. The van der Waals surface area contributed by atoms with Crippen molar-refractivity contribution in [3.8, 4) is 40.0 Å². The first-order valence-corrected chi connectivity index (χ1v) is 8.65. The lowest BCUT2D eigenvalue weighted by atomic mass is 9.98. The fourth-order valence-corrected chi connectivity index (χ4v) is 3.33. The van der Waals surface area contributed by atoms with E-state index in [-0.39, 0.29) is 5.82 Å². The SMILES string of the molecule is COc1ccc(-c2cc(-c3c[nH]c4ccccc34)c(C#N)c(N)n2)cc1OC. The molecule has 2 heterocycles. The van der Waals surface area contributed by atoms with E-state index < -0.39 is 0 Å². The number of nitrogens with one attached hydrogen (secondary N) is 1. The van der Waals surface area contributed by atoms with Crippen LogP contribution in [0, 0.1) is 11.3 Å². The van der Waals surface area contributed by atoms with Gasteiger partial charge in [-0.15, -0.1) is 0 Å². The minimum Gasteiger partial charge on any atom is -0.493 e. The first-order chi connectivity index (χ1) is 13.7. The highest BCUT2D eigenvalue weighted by molar-refractivity contribution is 5.98. The molecule has 0 bridgehead atoms. The average molecular weight is 370 g/mol. The summed E-state index contributed by atoms with van der Waals surface area (Å²) in [5.74, 6) is 1.41. The molecule has 0 fully saturated rings. The topological polar surface area (TPSA) is 97.0 Å². The van der Waals surface area contributed by atoms with Crippen molar-refractivity contribution in [2.24, 2.45) is 0 Å². The number of fused-ring (bicyclic) bond motifs is 1. The summed E-state index contributed by atoms with van der Waals surface area (Å²) in [6, 6.07) is 17.5. The zero-order valence-corrected chi connectivity index (χ0v) is 15.5. The maximum atomic E-state index is 9.67. The van der Waals surface area contributed by atoms with Gasteiger partial charge in [0.2, 0.25) is 0 Å². The van der Waals surface area contributed by atoms with Crippen LogP contribution in [0.5, 0.6) is 11.5 Å². The number of H-pyrrole nitrogens is 1. The predicted molar refractivity (Wildman–Crippen MR) is 109 cm³/mol. The Hall–Kier alpha value is -3.98. The first kappa shape index (κ1) is 17.4. The van der Waals surface area contributed by atoms with Gasteiger partial charge >= 0.3 is 0 Å². The van der Waals surface area contributed by atoms with Crippen molar-refractivity contribution in [3.63, 3.8) is 0 Å². The standard InChI is InChI=1S/C22H18N4O2/c1-27-20-8-7-13(9-21(20)28-2)19-10-15(16(11-23)22(24)26-19)17-12-25-18-6-4-3-5-14(17)18/h3-10,12,25H,1-2H3,(H2,24,26). The van der Waals surface area contributed by atoms with Crippen LogP contribution in [0.4, 0.5) is 5.82 Å². The third kappa shape index (κ3) is 2.79. The molecule has 0 amide bonds. The van der Waals surface area contributed by atoms with Crippen LogP contribution in [0.25, 0.3) is 33.3 Å². The molecule has 0 spiro atoms. The second-order valence-corrected chi connectivity index (χ2v) is 6.24. The molecule has 0 aliphatic heterocycles. The first-order valence-electron chi connectivity index (χ1n) is 8.65. The van der Waals surface area contributed by atoms with E-state index in [1.807, 2.05) is 54.7 Å². The molecule has 4 aromatic rings. The number of benzene rings is 2. The molecule has 0 radical (unpaired) electrons. The minimum absolute atomic E-state index is 0.190. The molecule has 6 nitrogen and oxygen atoms in total. The van der Waals surface area contributed by atoms with Gasteiger partial charge < -0.3 is 20.2 Å². The summed E-state index contributed by atoms with van der Waals surface area (Å²) in [5, 5.41) is 10.7. The summed E-state index contributed by atoms with van der Waals surface area (Å²) >= 11 is 0. The Balaban J connectivity index is 1.94. The molecule has 0 unspecified atom stereocenters. The second-order valence-electron chi connectivity index (χ2n) is 6.24. The van der Waals surface area contributed by atoms with Crippen LogP contribution in [0.3, 0.4) is 0 Å². The molecule has 3 N–H and O–H groups in total. The predicted octanol–water partition coefficient (Wildman–Crippen LogP) is 4.37. The molecular weight excluding hydrogens is 352 g/mol. The van der Waals surface area contributed by atoms with Crippen LogP contribution in [0.1, 0.15) is 5.56 Å². The van der Waals surface area contributed by atoms with E-state index >= 15 is 0 Å². The summed E-state index contributed by atoms with van der Waals surface area (Å²) in [6.07, 6.45) is 1.89. The van der Waals surface area contributed by atoms with Gasteiger partial charge in [-0.25, -0.2) is 4.98 Å². The number of aromatic amines is 1. The largest absolute Gasteiger partial charge is 0.493 e. The van der Waals surface area contributed by atoms with Gasteiger partial charge in [0.1, 0.15) is 17.5 Å². The Morgan fingerprint density at radius 3 is 2.54 bits per heavy atom. The van der Waals surface area contributed by atoms with Crippen molar-refractivity contribution in [1.29, 1.82) is 5.26 Å². The van der Waals surface area contributed by atoms with Crippen LogP contribution in [0.2, 0.25) is 0 Å². The van der Waals surface area contributed by atoms with Gasteiger partial charge in [0.05, 0.1) is 19.9 Å². The van der Waals surface area contributed by atoms with Crippen molar-refractivity contribution in [1.82, 2.24) is 9.97 Å². The molecule has 0 saturated carbocycles. The lowest BCUT2D eigenvalue weighted by Crippen LogP contribution is -2.00. The normalized spacial score (nSPS) is 10.6. The number of anilines is 1. The molecule has 0 saturated heterocycles. The third-order valence-electron chi connectivity index (χ3n) is 4.72. The average Bonchev–Trinajstić information content (AvgIpc) is 3.16. The zero-order chi connectivity index (χ0) is 19.7. The van der Waals surface area contributed by atoms with E-state index in [9.17, 15) is 5.26 Å². The van der Waals surface area contributed by atoms with Gasteiger partial charge in [-0.1, -0.05) is 18.2 Å². The van der Waals surface area contributed by atoms with E-state index in [2.05, 4.69) is 16.0 Å². The number of nitrogens with zero attached hydrogens (tertiary/aromatic N) is 2. The van der Waals surface area contributed by atoms with Crippen LogP contribution < -0.4 is 15.2 Å². The molecule has 138 valence electrons. The number of rotatable bonds is 4. The number of para-hydroxylation sites is 1. The highest BCUT2D eigenvalue weighted by Gasteiger charge is 2.17. The Kier molecular flexibility index (Phi) is 4.34. The monoisotopic (exact) mass is 370 g/mol. The number of methoxy groups -OCH3 is 2. The molecule has 2 aromatic heterocycles. The van der Waals surface area contributed by atoms with Crippen molar-refractivity contribution in [2.45, 2.75) is 0 Å². The van der Waals surface area contributed by atoms with Gasteiger partial charge in [0.25, 0.3) is 0 Å². The second kappa shape index (κ2) is 6.97. The highest BCUT2D eigenvalue weighted by Crippen LogP contribution is 2.37. The van der Waals surface area contributed by atoms with Crippen LogP contribution >= 0.6 is 0 Å². The molecule has 2 aromatic carbocycles. The molecular formula is C22H18N4O2. The zero-order valence-electron chi connectivity index (χ0n) is 15.5. The van der Waals surface area contributed by atoms with E-state index in [1.54, 1.807) is 14.2 Å². The summed E-state index contributed by atoms with van der Waals surface area (Å²) in [6.45, 7) is 0. The van der Waals surface area contributed by atoms with Crippen LogP contribution in [-0.2, 0) is 0 Å². The van der Waals surface area contributed by atoms with Crippen molar-refractivity contribution in [3.05, 3.63) is 60.3 Å². The number of pyridine rings is 1. The van der Waals surface area contributed by atoms with Crippen molar-refractivity contribution >= 4 is 16.7 Å². The smallest absolute Gasteiger partial charge is 0.161 e. The number of ether oxygens (including phenoxy) is 2. The maximum absolute atomic E-state index is 9.67. The van der Waals surface area contributed by atoms with Gasteiger partial charge in [-0.05, 0) is 30.3 Å². The molecule has 0 aliphatic carbocycles. The molecule has 6 heteroatoms. The quantitative estimate of drug-likeness (QED) is 0.556. The van der Waals surface area contributed by atoms with Gasteiger partial charge in [0.15, 0.2) is 11.5 Å². The Labute approximate surface area is 162 Å². The minimum atomic E-state index is 0.190. The van der Waals surface area contributed by atoms with Crippen molar-refractivity contribution < 1.29 is 9.47 Å². The number of hydrogen-bond donors (Lipinski definition) is 2.